The maximum absolute atomic E-state index is 13.1. The van der Waals surface area contributed by atoms with Gasteiger partial charge in [-0.3, -0.25) is 0 Å². The molecule has 1 N–H and O–H groups in total. The first kappa shape index (κ1) is 25.8. The van der Waals surface area contributed by atoms with Gasteiger partial charge in [-0.2, -0.15) is 0 Å². The Bertz CT molecular complexity index is 1400. The number of ether oxygens (including phenoxy) is 1. The molecule has 0 radical (unpaired) electrons. The number of fused-ring (bicyclic) bond motifs is 1. The van der Waals surface area contributed by atoms with Crippen LogP contribution in [-0.2, 0) is 14.8 Å². The lowest BCUT2D eigenvalue weighted by molar-refractivity contribution is 0.0507. The summed E-state index contributed by atoms with van der Waals surface area (Å²) >= 11 is 5.67. The molecule has 0 bridgehead atoms. The Morgan fingerprint density at radius 3 is 2.58 bits per heavy atom. The topological polar surface area (TPSA) is 110 Å². The molecular formula is C24H30N6O4S2. The molecule has 3 heterocycles. The molecule has 36 heavy (non-hydrogen) atoms. The summed E-state index contributed by atoms with van der Waals surface area (Å²) in [6.45, 7) is 8.58. The number of alkyl carbamates (subject to hydrolysis) is 1. The quantitative estimate of drug-likeness (QED) is 0.508. The van der Waals surface area contributed by atoms with Crippen molar-refractivity contribution in [1.82, 2.24) is 24.2 Å². The van der Waals surface area contributed by atoms with Crippen molar-refractivity contribution in [1.29, 1.82) is 0 Å². The lowest BCUT2D eigenvalue weighted by atomic mass is 10.2. The van der Waals surface area contributed by atoms with Gasteiger partial charge < -0.3 is 19.9 Å². The molecule has 1 aliphatic rings. The Morgan fingerprint density at radius 1 is 1.22 bits per heavy atom. The van der Waals surface area contributed by atoms with Gasteiger partial charge in [-0.05, 0) is 64.5 Å². The molecule has 1 aromatic carbocycles. The van der Waals surface area contributed by atoms with Crippen LogP contribution in [0.15, 0.2) is 47.6 Å². The highest BCUT2D eigenvalue weighted by molar-refractivity contribution is 7.90. The van der Waals surface area contributed by atoms with E-state index in [1.807, 2.05) is 32.6 Å². The van der Waals surface area contributed by atoms with Crippen LogP contribution in [0.2, 0.25) is 0 Å². The van der Waals surface area contributed by atoms with Gasteiger partial charge in [-0.1, -0.05) is 17.7 Å². The third-order valence-corrected chi connectivity index (χ3v) is 7.94. The number of thiocarbonyl (C=S) groups is 1. The van der Waals surface area contributed by atoms with E-state index in [2.05, 4.69) is 15.3 Å². The molecule has 1 atom stereocenters. The number of carbonyl (C=O) groups excluding carboxylic acids is 1. The van der Waals surface area contributed by atoms with Gasteiger partial charge in [0.25, 0.3) is 10.0 Å². The lowest BCUT2D eigenvalue weighted by Gasteiger charge is -2.27. The molecule has 12 heteroatoms. The smallest absolute Gasteiger partial charge is 0.407 e. The zero-order valence-electron chi connectivity index (χ0n) is 20.9. The van der Waals surface area contributed by atoms with Crippen molar-refractivity contribution in [2.45, 2.75) is 50.7 Å². The number of carbonyl (C=O) groups is 1. The van der Waals surface area contributed by atoms with E-state index in [1.165, 1.54) is 12.4 Å². The number of rotatable bonds is 4. The van der Waals surface area contributed by atoms with Crippen molar-refractivity contribution in [3.8, 4) is 0 Å². The second-order valence-electron chi connectivity index (χ2n) is 9.79. The van der Waals surface area contributed by atoms with Crippen molar-refractivity contribution < 1.29 is 17.9 Å². The fourth-order valence-electron chi connectivity index (χ4n) is 3.89. The molecule has 1 fully saturated rings. The Kier molecular flexibility index (Phi) is 6.93. The van der Waals surface area contributed by atoms with Crippen LogP contribution in [0.25, 0.3) is 11.2 Å². The van der Waals surface area contributed by atoms with Gasteiger partial charge in [-0.15, -0.1) is 0 Å². The first-order valence-electron chi connectivity index (χ1n) is 11.5. The van der Waals surface area contributed by atoms with E-state index in [9.17, 15) is 13.2 Å². The molecule has 0 saturated carbocycles. The van der Waals surface area contributed by atoms with Crippen LogP contribution in [-0.4, -0.2) is 70.2 Å². The highest BCUT2D eigenvalue weighted by atomic mass is 32.2. The number of nitrogens with one attached hydrogen (secondary N) is 1. The maximum Gasteiger partial charge on any atom is 0.407 e. The van der Waals surface area contributed by atoms with Crippen LogP contribution in [0, 0.1) is 6.92 Å². The first-order chi connectivity index (χ1) is 16.8. The molecule has 192 valence electrons. The Morgan fingerprint density at radius 2 is 1.92 bits per heavy atom. The van der Waals surface area contributed by atoms with Crippen molar-refractivity contribution in [3.05, 3.63) is 48.3 Å². The van der Waals surface area contributed by atoms with Crippen LogP contribution >= 0.6 is 12.2 Å². The minimum absolute atomic E-state index is 0.0826. The van der Waals surface area contributed by atoms with Crippen molar-refractivity contribution in [2.24, 2.45) is 0 Å². The summed E-state index contributed by atoms with van der Waals surface area (Å²) in [6.07, 6.45) is 3.24. The van der Waals surface area contributed by atoms with E-state index in [0.717, 1.165) is 16.0 Å². The molecule has 3 aromatic rings. The number of anilines is 1. The molecule has 4 rings (SSSR count). The summed E-state index contributed by atoms with van der Waals surface area (Å²) in [6, 6.07) is 8.19. The van der Waals surface area contributed by atoms with Crippen molar-refractivity contribution in [3.63, 3.8) is 0 Å². The molecule has 1 amide bonds. The van der Waals surface area contributed by atoms with Crippen LogP contribution in [0.5, 0.6) is 0 Å². The van der Waals surface area contributed by atoms with E-state index in [0.29, 0.717) is 29.5 Å². The summed E-state index contributed by atoms with van der Waals surface area (Å²) in [5.74, 6) is 0.488. The normalized spacial score (nSPS) is 16.2. The number of nitrogens with zero attached hydrogens (tertiary/aromatic N) is 5. The lowest BCUT2D eigenvalue weighted by Crippen LogP contribution is -2.44. The van der Waals surface area contributed by atoms with Gasteiger partial charge in [0.2, 0.25) is 0 Å². The number of amides is 1. The van der Waals surface area contributed by atoms with Crippen LogP contribution in [0.4, 0.5) is 10.6 Å². The SMILES string of the molecule is Cc1ccc(S(=O)(=O)n2ccc3nc(N(C)C(=S)N4CCC(NC(=O)OC(C)(C)C)C4)cnc32)cc1. The highest BCUT2D eigenvalue weighted by Gasteiger charge is 2.29. The standard InChI is InChI=1S/C24H30N6O4S2/c1-16-6-8-18(9-7-16)36(32,33)30-13-11-19-21(30)25-14-20(27-19)28(5)23(35)29-12-10-17(15-29)26-22(31)34-24(2,3)4/h6-9,11,13-14,17H,10,12,15H2,1-5H3,(H,26,31). The average Bonchev–Trinajstić information content (AvgIpc) is 3.44. The summed E-state index contributed by atoms with van der Waals surface area (Å²) in [7, 11) is -2.02. The van der Waals surface area contributed by atoms with Crippen LogP contribution < -0.4 is 10.2 Å². The van der Waals surface area contributed by atoms with Gasteiger partial charge >= 0.3 is 6.09 Å². The van der Waals surface area contributed by atoms with E-state index in [4.69, 9.17) is 17.0 Å². The van der Waals surface area contributed by atoms with E-state index in [-0.39, 0.29) is 16.6 Å². The summed E-state index contributed by atoms with van der Waals surface area (Å²) in [5, 5.41) is 3.42. The van der Waals surface area contributed by atoms with Gasteiger partial charge in [-0.25, -0.2) is 27.2 Å². The zero-order chi connectivity index (χ0) is 26.3. The number of aromatic nitrogens is 3. The minimum atomic E-state index is -3.81. The molecule has 1 unspecified atom stereocenters. The molecule has 0 aliphatic carbocycles. The molecule has 10 nitrogen and oxygen atoms in total. The van der Waals surface area contributed by atoms with Gasteiger partial charge in [0.1, 0.15) is 11.1 Å². The van der Waals surface area contributed by atoms with Crippen molar-refractivity contribution >= 4 is 50.4 Å². The average molecular weight is 531 g/mol. The zero-order valence-corrected chi connectivity index (χ0v) is 22.6. The highest BCUT2D eigenvalue weighted by Crippen LogP contribution is 2.23. The van der Waals surface area contributed by atoms with Gasteiger partial charge in [0, 0.05) is 26.3 Å². The summed E-state index contributed by atoms with van der Waals surface area (Å²) < 4.78 is 32.7. The third-order valence-electron chi connectivity index (χ3n) is 5.73. The second-order valence-corrected chi connectivity index (χ2v) is 12.0. The van der Waals surface area contributed by atoms with Gasteiger partial charge in [0.15, 0.2) is 16.6 Å². The maximum atomic E-state index is 13.1. The summed E-state index contributed by atoms with van der Waals surface area (Å²) in [4.78, 5) is 25.0. The summed E-state index contributed by atoms with van der Waals surface area (Å²) in [5.41, 5.74) is 1.08. The monoisotopic (exact) mass is 530 g/mol. The minimum Gasteiger partial charge on any atom is -0.444 e. The Hall–Kier alpha value is -3.25. The van der Waals surface area contributed by atoms with E-state index in [1.54, 1.807) is 42.3 Å². The molecule has 0 spiro atoms. The largest absolute Gasteiger partial charge is 0.444 e. The Balaban J connectivity index is 1.47. The second kappa shape index (κ2) is 9.66. The van der Waals surface area contributed by atoms with Gasteiger partial charge in [0.05, 0.1) is 17.1 Å². The fourth-order valence-corrected chi connectivity index (χ4v) is 5.45. The predicted octanol–water partition coefficient (Wildman–Crippen LogP) is 3.30. The molecular weight excluding hydrogens is 500 g/mol. The fraction of sp³-hybridized carbons (Fsp3) is 0.417. The van der Waals surface area contributed by atoms with E-state index < -0.39 is 21.7 Å². The number of benzene rings is 1. The Labute approximate surface area is 216 Å². The van der Waals surface area contributed by atoms with Crippen molar-refractivity contribution in [2.75, 3.05) is 25.0 Å². The number of aryl methyl sites for hydroxylation is 1. The van der Waals surface area contributed by atoms with Crippen LogP contribution in [0.3, 0.4) is 0 Å². The molecule has 1 saturated heterocycles. The number of hydrogen-bond acceptors (Lipinski definition) is 7. The predicted molar refractivity (Wildman–Crippen MR) is 142 cm³/mol. The first-order valence-corrected chi connectivity index (χ1v) is 13.4. The molecule has 1 aliphatic heterocycles. The number of hydrogen-bond donors (Lipinski definition) is 1. The molecule has 2 aromatic heterocycles. The van der Waals surface area contributed by atoms with E-state index >= 15 is 0 Å². The third kappa shape index (κ3) is 5.44. The van der Waals surface area contributed by atoms with Crippen LogP contribution in [0.1, 0.15) is 32.8 Å². The number of likely N-dealkylation sites (tertiary alicyclic amines) is 1.